The Labute approximate surface area is 161 Å². The highest BCUT2D eigenvalue weighted by molar-refractivity contribution is 5.82. The predicted octanol–water partition coefficient (Wildman–Crippen LogP) is 3.12. The maximum Gasteiger partial charge on any atom is 0.231 e. The van der Waals surface area contributed by atoms with Crippen LogP contribution in [0.5, 0.6) is 11.5 Å². The number of hydrogen-bond donors (Lipinski definition) is 2. The first-order valence-electron chi connectivity index (χ1n) is 10.6. The summed E-state index contributed by atoms with van der Waals surface area (Å²) in [4.78, 5) is 12.9. The molecule has 0 bridgehead atoms. The minimum atomic E-state index is 0.0328. The molecule has 2 aliphatic carbocycles. The molecule has 2 N–H and O–H groups in total. The van der Waals surface area contributed by atoms with Gasteiger partial charge < -0.3 is 20.1 Å². The van der Waals surface area contributed by atoms with E-state index in [0.29, 0.717) is 12.2 Å². The van der Waals surface area contributed by atoms with Gasteiger partial charge in [-0.3, -0.25) is 4.79 Å². The second-order valence-corrected chi connectivity index (χ2v) is 9.00. The largest absolute Gasteiger partial charge is 0.454 e. The Hall–Kier alpha value is -1.75. The fourth-order valence-electron chi connectivity index (χ4n) is 5.60. The van der Waals surface area contributed by atoms with Crippen molar-refractivity contribution in [1.29, 1.82) is 0 Å². The van der Waals surface area contributed by atoms with E-state index in [1.54, 1.807) is 0 Å². The highest BCUT2D eigenvalue weighted by atomic mass is 16.7. The summed E-state index contributed by atoms with van der Waals surface area (Å²) >= 11 is 0. The van der Waals surface area contributed by atoms with Gasteiger partial charge in [-0.25, -0.2) is 0 Å². The molecule has 0 aromatic heterocycles. The van der Waals surface area contributed by atoms with Gasteiger partial charge in [-0.15, -0.1) is 0 Å². The summed E-state index contributed by atoms with van der Waals surface area (Å²) in [6.07, 6.45) is 9.39. The number of piperidine rings is 1. The van der Waals surface area contributed by atoms with Crippen LogP contribution in [0.25, 0.3) is 0 Å². The monoisotopic (exact) mass is 370 g/mol. The smallest absolute Gasteiger partial charge is 0.231 e. The molecule has 5 heteroatoms. The first-order chi connectivity index (χ1) is 13.2. The quantitative estimate of drug-likeness (QED) is 0.855. The summed E-state index contributed by atoms with van der Waals surface area (Å²) in [7, 11) is 0. The standard InChI is InChI=1S/C22H30N2O3/c25-20(17-13-21(17)8-10-23-11-9-21)24-14-22(6-2-1-3-7-22)16-4-5-18-19(12-16)27-15-26-18/h4-5,12,17,23H,1-3,6-11,13-15H2,(H,24,25). The van der Waals surface area contributed by atoms with Gasteiger partial charge in [0.2, 0.25) is 12.7 Å². The van der Waals surface area contributed by atoms with Crippen LogP contribution in [0, 0.1) is 11.3 Å². The SMILES string of the molecule is O=C(NCC1(c2ccc3c(c2)OCO3)CCCCC1)C1CC12CCNCC2. The van der Waals surface area contributed by atoms with Crippen molar-refractivity contribution in [2.24, 2.45) is 11.3 Å². The number of amides is 1. The Morgan fingerprint density at radius 2 is 1.85 bits per heavy atom. The second kappa shape index (κ2) is 6.69. The molecule has 5 nitrogen and oxygen atoms in total. The zero-order valence-corrected chi connectivity index (χ0v) is 16.0. The summed E-state index contributed by atoms with van der Waals surface area (Å²) < 4.78 is 11.1. The summed E-state index contributed by atoms with van der Waals surface area (Å²) in [5.74, 6) is 2.19. The van der Waals surface area contributed by atoms with Gasteiger partial charge in [0.1, 0.15) is 0 Å². The first-order valence-corrected chi connectivity index (χ1v) is 10.6. The Morgan fingerprint density at radius 3 is 2.67 bits per heavy atom. The van der Waals surface area contributed by atoms with Crippen LogP contribution in [0.4, 0.5) is 0 Å². The van der Waals surface area contributed by atoms with Crippen molar-refractivity contribution in [3.05, 3.63) is 23.8 Å². The molecular weight excluding hydrogens is 340 g/mol. The summed E-state index contributed by atoms with van der Waals surface area (Å²) in [6.45, 7) is 3.17. The maximum absolute atomic E-state index is 12.9. The molecule has 4 aliphatic rings. The van der Waals surface area contributed by atoms with Crippen molar-refractivity contribution in [2.45, 2.75) is 56.8 Å². The number of ether oxygens (including phenoxy) is 2. The van der Waals surface area contributed by atoms with Crippen molar-refractivity contribution in [2.75, 3.05) is 26.4 Å². The third-order valence-corrected chi connectivity index (χ3v) is 7.50. The molecule has 1 aromatic rings. The molecule has 1 saturated heterocycles. The zero-order chi connectivity index (χ0) is 18.3. The van der Waals surface area contributed by atoms with E-state index in [-0.39, 0.29) is 17.2 Å². The average Bonchev–Trinajstić information content (AvgIpc) is 3.19. The van der Waals surface area contributed by atoms with E-state index < -0.39 is 0 Å². The van der Waals surface area contributed by atoms with Crippen molar-refractivity contribution in [3.8, 4) is 11.5 Å². The molecule has 1 aromatic carbocycles. The Morgan fingerprint density at radius 1 is 1.07 bits per heavy atom. The lowest BCUT2D eigenvalue weighted by molar-refractivity contribution is -0.123. The minimum Gasteiger partial charge on any atom is -0.454 e. The topological polar surface area (TPSA) is 59.6 Å². The number of benzene rings is 1. The molecule has 2 heterocycles. The number of rotatable bonds is 4. The third kappa shape index (κ3) is 3.10. The van der Waals surface area contributed by atoms with Crippen molar-refractivity contribution in [3.63, 3.8) is 0 Å². The number of nitrogens with one attached hydrogen (secondary N) is 2. The molecule has 5 rings (SSSR count). The second-order valence-electron chi connectivity index (χ2n) is 9.00. The van der Waals surface area contributed by atoms with E-state index in [1.165, 1.54) is 24.8 Å². The number of carbonyl (C=O) groups is 1. The number of fused-ring (bicyclic) bond motifs is 1. The minimum absolute atomic E-state index is 0.0328. The lowest BCUT2D eigenvalue weighted by atomic mass is 9.69. The van der Waals surface area contributed by atoms with Gasteiger partial charge in [-0.05, 0) is 68.3 Å². The van der Waals surface area contributed by atoms with E-state index >= 15 is 0 Å². The molecule has 2 saturated carbocycles. The molecule has 146 valence electrons. The third-order valence-electron chi connectivity index (χ3n) is 7.50. The molecule has 0 radical (unpaired) electrons. The average molecular weight is 370 g/mol. The first kappa shape index (κ1) is 17.4. The molecule has 27 heavy (non-hydrogen) atoms. The maximum atomic E-state index is 12.9. The van der Waals surface area contributed by atoms with Crippen LogP contribution in [-0.4, -0.2) is 32.3 Å². The molecule has 1 unspecified atom stereocenters. The Kier molecular flexibility index (Phi) is 4.30. The van der Waals surface area contributed by atoms with E-state index in [0.717, 1.165) is 63.2 Å². The van der Waals surface area contributed by atoms with Crippen LogP contribution in [0.15, 0.2) is 18.2 Å². The fourth-order valence-corrected chi connectivity index (χ4v) is 5.60. The van der Waals surface area contributed by atoms with E-state index in [1.807, 2.05) is 6.07 Å². The Bertz CT molecular complexity index is 720. The van der Waals surface area contributed by atoms with Gasteiger partial charge in [-0.1, -0.05) is 25.3 Å². The summed E-state index contributed by atoms with van der Waals surface area (Å²) in [5.41, 5.74) is 1.62. The van der Waals surface area contributed by atoms with Crippen LogP contribution in [0.1, 0.15) is 56.9 Å². The van der Waals surface area contributed by atoms with Crippen LogP contribution in [0.2, 0.25) is 0 Å². The van der Waals surface area contributed by atoms with Crippen molar-refractivity contribution in [1.82, 2.24) is 10.6 Å². The lowest BCUT2D eigenvalue weighted by Crippen LogP contribution is -2.43. The molecule has 1 atom stereocenters. The van der Waals surface area contributed by atoms with Crippen LogP contribution in [-0.2, 0) is 10.2 Å². The van der Waals surface area contributed by atoms with Gasteiger partial charge in [0.15, 0.2) is 11.5 Å². The summed E-state index contributed by atoms with van der Waals surface area (Å²) in [6, 6.07) is 6.35. The molecular formula is C22H30N2O3. The molecule has 3 fully saturated rings. The molecule has 2 aliphatic heterocycles. The zero-order valence-electron chi connectivity index (χ0n) is 16.0. The fraction of sp³-hybridized carbons (Fsp3) is 0.682. The lowest BCUT2D eigenvalue weighted by Gasteiger charge is -2.38. The molecule has 1 spiro atoms. The predicted molar refractivity (Wildman–Crippen MR) is 103 cm³/mol. The Balaban J connectivity index is 1.30. The van der Waals surface area contributed by atoms with E-state index in [4.69, 9.17) is 9.47 Å². The van der Waals surface area contributed by atoms with Gasteiger partial charge >= 0.3 is 0 Å². The normalized spacial score (nSPS) is 27.3. The van der Waals surface area contributed by atoms with Gasteiger partial charge in [-0.2, -0.15) is 0 Å². The van der Waals surface area contributed by atoms with Gasteiger partial charge in [0.25, 0.3) is 0 Å². The highest BCUT2D eigenvalue weighted by Gasteiger charge is 2.57. The van der Waals surface area contributed by atoms with Crippen LogP contribution < -0.4 is 20.1 Å². The number of hydrogen-bond acceptors (Lipinski definition) is 4. The number of carbonyl (C=O) groups excluding carboxylic acids is 1. The molecule has 1 amide bonds. The summed E-state index contributed by atoms with van der Waals surface area (Å²) in [5, 5.41) is 6.78. The van der Waals surface area contributed by atoms with Crippen molar-refractivity contribution < 1.29 is 14.3 Å². The van der Waals surface area contributed by atoms with Crippen LogP contribution in [0.3, 0.4) is 0 Å². The van der Waals surface area contributed by atoms with Gasteiger partial charge in [0, 0.05) is 17.9 Å². The van der Waals surface area contributed by atoms with Gasteiger partial charge in [0.05, 0.1) is 0 Å². The van der Waals surface area contributed by atoms with Crippen LogP contribution >= 0.6 is 0 Å². The van der Waals surface area contributed by atoms with E-state index in [9.17, 15) is 4.79 Å². The van der Waals surface area contributed by atoms with E-state index in [2.05, 4.69) is 22.8 Å². The van der Waals surface area contributed by atoms with Crippen molar-refractivity contribution >= 4 is 5.91 Å². The highest BCUT2D eigenvalue weighted by Crippen LogP contribution is 2.58.